The van der Waals surface area contributed by atoms with Crippen LogP contribution in [0.15, 0.2) is 30.3 Å². The van der Waals surface area contributed by atoms with Crippen LogP contribution in [0.5, 0.6) is 0 Å². The van der Waals surface area contributed by atoms with Crippen molar-refractivity contribution in [2.75, 3.05) is 32.8 Å². The average molecular weight is 415 g/mol. The Balaban J connectivity index is 1.30. The second-order valence-electron chi connectivity index (χ2n) is 9.80. The van der Waals surface area contributed by atoms with E-state index in [4.69, 9.17) is 9.84 Å². The van der Waals surface area contributed by atoms with Crippen LogP contribution in [0.1, 0.15) is 69.3 Å². The molecular weight excluding hydrogens is 376 g/mol. The van der Waals surface area contributed by atoms with E-state index < -0.39 is 5.97 Å². The maximum absolute atomic E-state index is 10.9. The molecule has 1 aliphatic heterocycles. The molecule has 0 radical (unpaired) electrons. The van der Waals surface area contributed by atoms with Gasteiger partial charge >= 0.3 is 5.97 Å². The summed E-state index contributed by atoms with van der Waals surface area (Å²) in [5, 5.41) is 12.9. The monoisotopic (exact) mass is 414 g/mol. The third-order valence-corrected chi connectivity index (χ3v) is 7.49. The van der Waals surface area contributed by atoms with Crippen molar-refractivity contribution in [2.24, 2.45) is 5.41 Å². The molecule has 2 aliphatic carbocycles. The number of piperidine rings is 1. The third kappa shape index (κ3) is 6.05. The van der Waals surface area contributed by atoms with Crippen molar-refractivity contribution in [3.8, 4) is 0 Å². The number of rotatable bonds is 10. The predicted octanol–water partition coefficient (Wildman–Crippen LogP) is 4.04. The lowest BCUT2D eigenvalue weighted by Crippen LogP contribution is -2.49. The van der Waals surface area contributed by atoms with E-state index >= 15 is 0 Å². The molecule has 1 unspecified atom stereocenters. The SMILES string of the molecule is O=C(O)CCN1CCC(CN[C@@H]2CC2c2ccccc2)(COC2CCCCC2)CC1. The first-order valence-electron chi connectivity index (χ1n) is 12.0. The van der Waals surface area contributed by atoms with Crippen LogP contribution in [-0.2, 0) is 9.53 Å². The van der Waals surface area contributed by atoms with E-state index in [0.29, 0.717) is 24.6 Å². The van der Waals surface area contributed by atoms with Gasteiger partial charge in [0.25, 0.3) is 0 Å². The molecule has 1 saturated heterocycles. The number of ether oxygens (including phenoxy) is 1. The van der Waals surface area contributed by atoms with Gasteiger partial charge in [-0.3, -0.25) is 4.79 Å². The van der Waals surface area contributed by atoms with Gasteiger partial charge in [0.05, 0.1) is 19.1 Å². The molecule has 0 bridgehead atoms. The van der Waals surface area contributed by atoms with Crippen molar-refractivity contribution in [3.63, 3.8) is 0 Å². The number of hydrogen-bond donors (Lipinski definition) is 2. The molecule has 5 nitrogen and oxygen atoms in total. The fourth-order valence-corrected chi connectivity index (χ4v) is 5.24. The zero-order valence-corrected chi connectivity index (χ0v) is 18.2. The number of hydrogen-bond acceptors (Lipinski definition) is 4. The van der Waals surface area contributed by atoms with Crippen molar-refractivity contribution < 1.29 is 14.6 Å². The maximum Gasteiger partial charge on any atom is 0.304 e. The molecule has 2 N–H and O–H groups in total. The molecule has 2 saturated carbocycles. The van der Waals surface area contributed by atoms with Crippen LogP contribution in [0, 0.1) is 5.41 Å². The van der Waals surface area contributed by atoms with Crippen LogP contribution < -0.4 is 5.32 Å². The van der Waals surface area contributed by atoms with Crippen LogP contribution in [0.3, 0.4) is 0 Å². The van der Waals surface area contributed by atoms with Crippen molar-refractivity contribution in [3.05, 3.63) is 35.9 Å². The van der Waals surface area contributed by atoms with E-state index in [2.05, 4.69) is 40.5 Å². The van der Waals surface area contributed by atoms with Gasteiger partial charge < -0.3 is 20.1 Å². The van der Waals surface area contributed by atoms with Crippen molar-refractivity contribution in [1.29, 1.82) is 0 Å². The number of carbonyl (C=O) groups is 1. The zero-order chi connectivity index (χ0) is 20.8. The normalized spacial score (nSPS) is 27.1. The largest absolute Gasteiger partial charge is 0.481 e. The lowest BCUT2D eigenvalue weighted by atomic mass is 9.78. The van der Waals surface area contributed by atoms with E-state index in [0.717, 1.165) is 39.1 Å². The van der Waals surface area contributed by atoms with Gasteiger partial charge in [-0.25, -0.2) is 0 Å². The Labute approximate surface area is 181 Å². The molecule has 0 aromatic heterocycles. The minimum atomic E-state index is -0.699. The van der Waals surface area contributed by atoms with Gasteiger partial charge in [0.1, 0.15) is 0 Å². The Morgan fingerprint density at radius 2 is 1.87 bits per heavy atom. The summed E-state index contributed by atoms with van der Waals surface area (Å²) >= 11 is 0. The fraction of sp³-hybridized carbons (Fsp3) is 0.720. The summed E-state index contributed by atoms with van der Waals surface area (Å²) in [6, 6.07) is 11.4. The van der Waals surface area contributed by atoms with Gasteiger partial charge in [0.15, 0.2) is 0 Å². The number of carboxylic acids is 1. The van der Waals surface area contributed by atoms with E-state index in [1.807, 2.05) is 0 Å². The molecule has 2 atom stereocenters. The van der Waals surface area contributed by atoms with E-state index in [1.54, 1.807) is 0 Å². The van der Waals surface area contributed by atoms with Gasteiger partial charge in [-0.1, -0.05) is 49.6 Å². The van der Waals surface area contributed by atoms with E-state index in [-0.39, 0.29) is 11.8 Å². The first-order valence-corrected chi connectivity index (χ1v) is 12.0. The summed E-state index contributed by atoms with van der Waals surface area (Å²) in [7, 11) is 0. The van der Waals surface area contributed by atoms with Crippen LogP contribution in [0.25, 0.3) is 0 Å². The van der Waals surface area contributed by atoms with E-state index in [1.165, 1.54) is 44.1 Å². The third-order valence-electron chi connectivity index (χ3n) is 7.49. The highest BCUT2D eigenvalue weighted by atomic mass is 16.5. The highest BCUT2D eigenvalue weighted by molar-refractivity contribution is 5.66. The smallest absolute Gasteiger partial charge is 0.304 e. The summed E-state index contributed by atoms with van der Waals surface area (Å²) < 4.78 is 6.47. The Hall–Kier alpha value is -1.43. The summed E-state index contributed by atoms with van der Waals surface area (Å²) in [6.45, 7) is 4.49. The average Bonchev–Trinajstić information content (AvgIpc) is 3.57. The minimum Gasteiger partial charge on any atom is -0.481 e. The molecule has 1 aromatic rings. The van der Waals surface area contributed by atoms with Crippen LogP contribution in [0.4, 0.5) is 0 Å². The van der Waals surface area contributed by atoms with E-state index in [9.17, 15) is 4.79 Å². The topological polar surface area (TPSA) is 61.8 Å². The van der Waals surface area contributed by atoms with Crippen LogP contribution >= 0.6 is 0 Å². The van der Waals surface area contributed by atoms with Gasteiger partial charge in [0.2, 0.25) is 0 Å². The van der Waals surface area contributed by atoms with Crippen LogP contribution in [0.2, 0.25) is 0 Å². The number of nitrogens with zero attached hydrogens (tertiary/aromatic N) is 1. The molecule has 3 fully saturated rings. The van der Waals surface area contributed by atoms with Gasteiger partial charge in [-0.2, -0.15) is 0 Å². The molecule has 5 heteroatoms. The summed E-state index contributed by atoms with van der Waals surface area (Å²) in [4.78, 5) is 13.2. The highest BCUT2D eigenvalue weighted by Gasteiger charge is 2.41. The summed E-state index contributed by atoms with van der Waals surface area (Å²) in [5.74, 6) is -0.0482. The minimum absolute atomic E-state index is 0.182. The molecule has 3 aliphatic rings. The standard InChI is InChI=1S/C25H38N2O3/c28-24(29)11-14-27-15-12-25(13-16-27,19-30-21-9-5-2-6-10-21)18-26-23-17-22(23)20-7-3-1-4-8-20/h1,3-4,7-8,21-23,26H,2,5-6,9-19H2,(H,28,29)/t22?,23-/m1/s1. The molecule has 1 heterocycles. The van der Waals surface area contributed by atoms with Crippen LogP contribution in [-0.4, -0.2) is 60.9 Å². The van der Waals surface area contributed by atoms with Crippen molar-refractivity contribution in [2.45, 2.75) is 75.9 Å². The zero-order valence-electron chi connectivity index (χ0n) is 18.2. The highest BCUT2D eigenvalue weighted by Crippen LogP contribution is 2.42. The van der Waals surface area contributed by atoms with Crippen molar-refractivity contribution in [1.82, 2.24) is 10.2 Å². The first kappa shape index (κ1) is 21.8. The first-order chi connectivity index (χ1) is 14.6. The number of nitrogens with one attached hydrogen (secondary N) is 1. The lowest BCUT2D eigenvalue weighted by Gasteiger charge is -2.43. The Bertz CT molecular complexity index is 666. The predicted molar refractivity (Wildman–Crippen MR) is 119 cm³/mol. The quantitative estimate of drug-likeness (QED) is 0.605. The van der Waals surface area contributed by atoms with Gasteiger partial charge in [-0.05, 0) is 50.8 Å². The Morgan fingerprint density at radius 1 is 1.13 bits per heavy atom. The Kier molecular flexibility index (Phi) is 7.45. The lowest BCUT2D eigenvalue weighted by molar-refractivity contribution is -0.137. The molecule has 0 spiro atoms. The van der Waals surface area contributed by atoms with Crippen molar-refractivity contribution >= 4 is 5.97 Å². The summed E-state index contributed by atoms with van der Waals surface area (Å²) in [5.41, 5.74) is 1.63. The number of carboxylic acid groups (broad SMARTS) is 1. The molecular formula is C25H38N2O3. The second kappa shape index (κ2) is 10.3. The molecule has 30 heavy (non-hydrogen) atoms. The number of benzene rings is 1. The number of aliphatic carboxylic acids is 1. The molecule has 0 amide bonds. The fourth-order valence-electron chi connectivity index (χ4n) is 5.24. The second-order valence-corrected chi connectivity index (χ2v) is 9.80. The van der Waals surface area contributed by atoms with Gasteiger partial charge in [-0.15, -0.1) is 0 Å². The molecule has 1 aromatic carbocycles. The molecule has 166 valence electrons. The van der Waals surface area contributed by atoms with Gasteiger partial charge in [0, 0.05) is 30.5 Å². The summed E-state index contributed by atoms with van der Waals surface area (Å²) in [6.07, 6.45) is 10.5. The Morgan fingerprint density at radius 3 is 2.57 bits per heavy atom. The molecule has 4 rings (SSSR count). The number of likely N-dealkylation sites (tertiary alicyclic amines) is 1. The maximum atomic E-state index is 10.9.